The lowest BCUT2D eigenvalue weighted by Crippen LogP contribution is -2.29. The maximum absolute atomic E-state index is 11.7. The third-order valence-corrected chi connectivity index (χ3v) is 7.06. The number of furan rings is 1. The van der Waals surface area contributed by atoms with E-state index in [4.69, 9.17) is 16.6 Å². The number of carboxylic acid groups (broad SMARTS) is 1. The van der Waals surface area contributed by atoms with Gasteiger partial charge in [-0.25, -0.2) is 4.79 Å². The zero-order valence-electron chi connectivity index (χ0n) is 18.1. The van der Waals surface area contributed by atoms with Crippen molar-refractivity contribution in [3.05, 3.63) is 106 Å². The zero-order valence-corrected chi connectivity index (χ0v) is 20.5. The van der Waals surface area contributed by atoms with Crippen LogP contribution in [0.2, 0.25) is 0 Å². The molecule has 0 unspecified atom stereocenters. The van der Waals surface area contributed by atoms with Gasteiger partial charge in [0.25, 0.3) is 0 Å². The average molecular weight is 534 g/mol. The molecular weight excluding hydrogens is 514 g/mol. The highest BCUT2D eigenvalue weighted by molar-refractivity contribution is 9.10. The first-order valence-electron chi connectivity index (χ1n) is 10.6. The van der Waals surface area contributed by atoms with Gasteiger partial charge in [0.2, 0.25) is 0 Å². The maximum Gasteiger partial charge on any atom is 0.336 e. The Balaban J connectivity index is 1.63. The molecule has 5 rings (SSSR count). The van der Waals surface area contributed by atoms with Crippen molar-refractivity contribution in [1.82, 2.24) is 10.3 Å². The summed E-state index contributed by atoms with van der Waals surface area (Å²) in [5.41, 5.74) is 3.54. The van der Waals surface area contributed by atoms with Crippen LogP contribution in [0.15, 0.2) is 87.9 Å². The van der Waals surface area contributed by atoms with Gasteiger partial charge >= 0.3 is 5.97 Å². The third kappa shape index (κ3) is 3.99. The van der Waals surface area contributed by atoms with Crippen molar-refractivity contribution < 1.29 is 14.3 Å². The number of aryl methyl sites for hydroxylation is 1. The Kier molecular flexibility index (Phi) is 5.93. The van der Waals surface area contributed by atoms with Crippen LogP contribution in [-0.4, -0.2) is 21.2 Å². The lowest BCUT2D eigenvalue weighted by molar-refractivity contribution is 0.0697. The zero-order chi connectivity index (χ0) is 23.8. The van der Waals surface area contributed by atoms with Crippen LogP contribution in [0.5, 0.6) is 0 Å². The monoisotopic (exact) mass is 533 g/mol. The van der Waals surface area contributed by atoms with Crippen LogP contribution in [0.25, 0.3) is 11.3 Å². The van der Waals surface area contributed by atoms with Gasteiger partial charge in [0.1, 0.15) is 17.6 Å². The highest BCUT2D eigenvalue weighted by atomic mass is 79.9. The van der Waals surface area contributed by atoms with Crippen molar-refractivity contribution in [3.63, 3.8) is 0 Å². The molecule has 1 saturated heterocycles. The molecule has 0 aliphatic carbocycles. The summed E-state index contributed by atoms with van der Waals surface area (Å²) in [6, 6.07) is 21.7. The van der Waals surface area contributed by atoms with Gasteiger partial charge in [0.15, 0.2) is 5.11 Å². The van der Waals surface area contributed by atoms with Crippen LogP contribution >= 0.6 is 28.1 Å². The second kappa shape index (κ2) is 9.04. The summed E-state index contributed by atoms with van der Waals surface area (Å²) in [6.07, 6.45) is 1.75. The molecule has 3 heterocycles. The lowest BCUT2D eigenvalue weighted by Gasteiger charge is -2.26. The molecule has 0 spiro atoms. The van der Waals surface area contributed by atoms with E-state index in [2.05, 4.69) is 32.3 Å². The molecule has 2 atom stereocenters. The lowest BCUT2D eigenvalue weighted by atomic mass is 10.0. The molecule has 4 aromatic rings. The Morgan fingerprint density at radius 3 is 2.65 bits per heavy atom. The van der Waals surface area contributed by atoms with Crippen LogP contribution in [-0.2, 0) is 0 Å². The summed E-state index contributed by atoms with van der Waals surface area (Å²) in [5, 5.41) is 13.6. The first-order valence-corrected chi connectivity index (χ1v) is 11.8. The molecule has 2 N–H and O–H groups in total. The van der Waals surface area contributed by atoms with Crippen LogP contribution in [0.4, 0.5) is 5.69 Å². The van der Waals surface area contributed by atoms with E-state index in [1.807, 2.05) is 48.2 Å². The SMILES string of the molecule is Cc1cc(N2C(=S)N[C@H](c3ccccn3)[C@H]2c2ccc(-c3ccccc3C(=O)O)o2)ccc1Br. The van der Waals surface area contributed by atoms with Gasteiger partial charge in [0, 0.05) is 21.9 Å². The summed E-state index contributed by atoms with van der Waals surface area (Å²) < 4.78 is 7.32. The largest absolute Gasteiger partial charge is 0.478 e. The van der Waals surface area contributed by atoms with E-state index < -0.39 is 5.97 Å². The van der Waals surface area contributed by atoms with E-state index in [1.165, 1.54) is 0 Å². The number of benzene rings is 2. The highest BCUT2D eigenvalue weighted by Crippen LogP contribution is 2.43. The second-order valence-corrected chi connectivity index (χ2v) is 9.22. The molecule has 2 aromatic heterocycles. The molecule has 6 nitrogen and oxygen atoms in total. The highest BCUT2D eigenvalue weighted by Gasteiger charge is 2.42. The molecule has 170 valence electrons. The Labute approximate surface area is 210 Å². The first kappa shape index (κ1) is 22.3. The molecule has 0 amide bonds. The fourth-order valence-corrected chi connectivity index (χ4v) is 4.83. The number of thiocarbonyl (C=S) groups is 1. The van der Waals surface area contributed by atoms with Gasteiger partial charge in [0.05, 0.1) is 17.3 Å². The number of pyridine rings is 1. The molecule has 0 saturated carbocycles. The summed E-state index contributed by atoms with van der Waals surface area (Å²) in [6.45, 7) is 2.03. The van der Waals surface area contributed by atoms with E-state index in [-0.39, 0.29) is 17.6 Å². The normalized spacial score (nSPS) is 17.6. The molecule has 2 aromatic carbocycles. The summed E-state index contributed by atoms with van der Waals surface area (Å²) >= 11 is 9.33. The first-order chi connectivity index (χ1) is 16.4. The Morgan fingerprint density at radius 1 is 1.12 bits per heavy atom. The number of rotatable bonds is 5. The summed E-state index contributed by atoms with van der Waals surface area (Å²) in [7, 11) is 0. The number of anilines is 1. The number of carbonyl (C=O) groups is 1. The van der Waals surface area contributed by atoms with Crippen molar-refractivity contribution in [3.8, 4) is 11.3 Å². The van der Waals surface area contributed by atoms with E-state index >= 15 is 0 Å². The molecule has 1 aliphatic heterocycles. The van der Waals surface area contributed by atoms with Crippen LogP contribution in [0.3, 0.4) is 0 Å². The number of halogens is 1. The van der Waals surface area contributed by atoms with Gasteiger partial charge in [-0.05, 0) is 73.2 Å². The number of nitrogens with one attached hydrogen (secondary N) is 1. The number of aromatic nitrogens is 1. The fourth-order valence-electron chi connectivity index (χ4n) is 4.24. The van der Waals surface area contributed by atoms with E-state index in [0.29, 0.717) is 22.2 Å². The predicted octanol–water partition coefficient (Wildman–Crippen LogP) is 6.29. The van der Waals surface area contributed by atoms with E-state index in [0.717, 1.165) is 21.4 Å². The topological polar surface area (TPSA) is 78.6 Å². The Bertz CT molecular complexity index is 1390. The quantitative estimate of drug-likeness (QED) is 0.292. The molecule has 1 aliphatic rings. The number of hydrogen-bond acceptors (Lipinski definition) is 4. The average Bonchev–Trinajstić information content (AvgIpc) is 3.46. The third-order valence-electron chi connectivity index (χ3n) is 5.86. The van der Waals surface area contributed by atoms with Gasteiger partial charge in [-0.1, -0.05) is 40.2 Å². The van der Waals surface area contributed by atoms with Crippen molar-refractivity contribution >= 4 is 44.9 Å². The van der Waals surface area contributed by atoms with Gasteiger partial charge in [-0.2, -0.15) is 0 Å². The van der Waals surface area contributed by atoms with Crippen molar-refractivity contribution in [2.75, 3.05) is 4.90 Å². The minimum Gasteiger partial charge on any atom is -0.478 e. The van der Waals surface area contributed by atoms with Crippen LogP contribution in [0, 0.1) is 6.92 Å². The van der Waals surface area contributed by atoms with Crippen molar-refractivity contribution in [2.45, 2.75) is 19.0 Å². The molecule has 1 fully saturated rings. The fraction of sp³-hybridized carbons (Fsp3) is 0.115. The maximum atomic E-state index is 11.7. The predicted molar refractivity (Wildman–Crippen MR) is 138 cm³/mol. The molecular formula is C26H20BrN3O3S. The minimum absolute atomic E-state index is 0.185. The molecule has 34 heavy (non-hydrogen) atoms. The summed E-state index contributed by atoms with van der Waals surface area (Å²) in [5.74, 6) is 0.131. The van der Waals surface area contributed by atoms with E-state index in [1.54, 1.807) is 36.5 Å². The van der Waals surface area contributed by atoms with Gasteiger partial charge in [-0.3, -0.25) is 4.98 Å². The van der Waals surface area contributed by atoms with Gasteiger partial charge in [-0.15, -0.1) is 0 Å². The second-order valence-electron chi connectivity index (χ2n) is 7.98. The number of aromatic carboxylic acids is 1. The number of nitrogens with zero attached hydrogens (tertiary/aromatic N) is 2. The number of carboxylic acids is 1. The smallest absolute Gasteiger partial charge is 0.336 e. The van der Waals surface area contributed by atoms with E-state index in [9.17, 15) is 9.90 Å². The van der Waals surface area contributed by atoms with Crippen molar-refractivity contribution in [1.29, 1.82) is 0 Å². The number of hydrogen-bond donors (Lipinski definition) is 2. The minimum atomic E-state index is -1.00. The molecule has 0 bridgehead atoms. The van der Waals surface area contributed by atoms with Crippen LogP contribution in [0.1, 0.15) is 39.5 Å². The van der Waals surface area contributed by atoms with Gasteiger partial charge < -0.3 is 19.7 Å². The van der Waals surface area contributed by atoms with Crippen molar-refractivity contribution in [2.24, 2.45) is 0 Å². The standard InChI is InChI=1S/C26H20BrN3O3S/c1-15-14-16(9-10-19(15)27)30-24(23(29-26(30)34)20-8-4-5-13-28-20)22-12-11-21(33-22)17-6-2-3-7-18(17)25(31)32/h2-14,23-24H,1H3,(H,29,34)(H,31,32)/t23-,24-/m1/s1. The summed E-state index contributed by atoms with van der Waals surface area (Å²) in [4.78, 5) is 18.3. The molecule has 8 heteroatoms. The Morgan fingerprint density at radius 2 is 1.91 bits per heavy atom. The molecule has 0 radical (unpaired) electrons. The Hall–Kier alpha value is -3.49. The van der Waals surface area contributed by atoms with Crippen LogP contribution < -0.4 is 10.2 Å².